The summed E-state index contributed by atoms with van der Waals surface area (Å²) >= 11 is 0. The summed E-state index contributed by atoms with van der Waals surface area (Å²) in [5.74, 6) is 2.03. The number of rotatable bonds is 4. The minimum absolute atomic E-state index is 0.0654. The Bertz CT molecular complexity index is 1270. The smallest absolute Gasteiger partial charge is 0.399 e. The molecule has 2 aliphatic rings. The first-order valence-corrected chi connectivity index (χ1v) is 12.0. The molecule has 3 N–H and O–H groups in total. The zero-order chi connectivity index (χ0) is 25.1. The number of nitrogen functional groups attached to an aromatic ring is 1. The SMILES string of the molecule is Cc1nc(N[C@H](C)c2cc(N)cc(C(F)(F)F)c2)c2cc3c(nc2n1)N1CCCC1CN3C(C)C. The van der Waals surface area contributed by atoms with E-state index in [0.29, 0.717) is 34.9 Å². The zero-order valence-electron chi connectivity index (χ0n) is 20.3. The minimum atomic E-state index is -4.47. The van der Waals surface area contributed by atoms with E-state index in [2.05, 4.69) is 45.0 Å². The summed E-state index contributed by atoms with van der Waals surface area (Å²) in [6.45, 7) is 9.84. The molecule has 0 spiro atoms. The van der Waals surface area contributed by atoms with Crippen LogP contribution in [0.5, 0.6) is 0 Å². The van der Waals surface area contributed by atoms with Crippen molar-refractivity contribution in [3.8, 4) is 0 Å². The Hall–Kier alpha value is -3.30. The first-order valence-electron chi connectivity index (χ1n) is 12.0. The third kappa shape index (κ3) is 4.30. The molecular formula is C25H30F3N7. The number of hydrogen-bond acceptors (Lipinski definition) is 7. The highest BCUT2D eigenvalue weighted by Gasteiger charge is 2.37. The van der Waals surface area contributed by atoms with Crippen LogP contribution < -0.4 is 20.9 Å². The van der Waals surface area contributed by atoms with Gasteiger partial charge in [0.25, 0.3) is 0 Å². The molecule has 0 aliphatic carbocycles. The van der Waals surface area contributed by atoms with Crippen LogP contribution in [0.4, 0.5) is 36.2 Å². The van der Waals surface area contributed by atoms with E-state index in [4.69, 9.17) is 10.7 Å². The average molecular weight is 486 g/mol. The first kappa shape index (κ1) is 23.4. The molecule has 2 atom stereocenters. The molecule has 1 fully saturated rings. The lowest BCUT2D eigenvalue weighted by molar-refractivity contribution is -0.137. The molecule has 1 aromatic carbocycles. The molecule has 3 aromatic rings. The topological polar surface area (TPSA) is 83.2 Å². The van der Waals surface area contributed by atoms with Gasteiger partial charge in [0.05, 0.1) is 22.7 Å². The number of fused-ring (bicyclic) bond motifs is 4. The van der Waals surface area contributed by atoms with Crippen molar-refractivity contribution in [1.29, 1.82) is 0 Å². The van der Waals surface area contributed by atoms with E-state index < -0.39 is 17.8 Å². The van der Waals surface area contributed by atoms with Crippen LogP contribution in [0.1, 0.15) is 56.6 Å². The number of alkyl halides is 3. The molecule has 0 bridgehead atoms. The maximum Gasteiger partial charge on any atom is 0.416 e. The van der Waals surface area contributed by atoms with Crippen LogP contribution in [0.3, 0.4) is 0 Å². The monoisotopic (exact) mass is 485 g/mol. The number of nitrogens with two attached hydrogens (primary N) is 1. The maximum absolute atomic E-state index is 13.3. The van der Waals surface area contributed by atoms with Gasteiger partial charge in [-0.25, -0.2) is 15.0 Å². The molecule has 0 radical (unpaired) electrons. The summed E-state index contributed by atoms with van der Waals surface area (Å²) in [4.78, 5) is 18.9. The molecule has 4 heterocycles. The van der Waals surface area contributed by atoms with Crippen molar-refractivity contribution in [2.24, 2.45) is 0 Å². The molecule has 2 aliphatic heterocycles. The van der Waals surface area contributed by atoms with Gasteiger partial charge in [-0.1, -0.05) is 0 Å². The second-order valence-electron chi connectivity index (χ2n) is 9.81. The van der Waals surface area contributed by atoms with E-state index in [1.54, 1.807) is 19.9 Å². The van der Waals surface area contributed by atoms with E-state index in [-0.39, 0.29) is 5.69 Å². The third-order valence-corrected chi connectivity index (χ3v) is 6.91. The fraction of sp³-hybridized carbons (Fsp3) is 0.480. The summed E-state index contributed by atoms with van der Waals surface area (Å²) in [5, 5.41) is 4.04. The van der Waals surface area contributed by atoms with Gasteiger partial charge >= 0.3 is 6.18 Å². The molecule has 7 nitrogen and oxygen atoms in total. The number of pyridine rings is 1. The summed E-state index contributed by atoms with van der Waals surface area (Å²) in [6, 6.07) is 5.96. The van der Waals surface area contributed by atoms with Crippen molar-refractivity contribution in [3.63, 3.8) is 0 Å². The molecule has 0 saturated carbocycles. The molecule has 35 heavy (non-hydrogen) atoms. The largest absolute Gasteiger partial charge is 0.416 e. The molecule has 1 saturated heterocycles. The summed E-state index contributed by atoms with van der Waals surface area (Å²) < 4.78 is 40.0. The lowest BCUT2D eigenvalue weighted by Crippen LogP contribution is -2.48. The van der Waals surface area contributed by atoms with E-state index >= 15 is 0 Å². The standard InChI is InChI=1S/C25H30F3N7/c1-13(2)35-12-19-6-5-7-34(19)24-21(35)11-20-22(31-15(4)32-23(20)33-24)30-14(3)16-8-17(25(26,27)28)10-18(29)9-16/h8-11,13-14,19H,5-7,12,29H2,1-4H3,(H,30,31,32,33)/t14-,19?/m1/s1. The van der Waals surface area contributed by atoms with Gasteiger partial charge in [0.15, 0.2) is 11.5 Å². The molecule has 0 amide bonds. The van der Waals surface area contributed by atoms with Crippen LogP contribution in [-0.4, -0.2) is 40.1 Å². The number of halogens is 3. The van der Waals surface area contributed by atoms with Crippen LogP contribution in [-0.2, 0) is 6.18 Å². The van der Waals surface area contributed by atoms with Crippen LogP contribution in [0, 0.1) is 6.92 Å². The van der Waals surface area contributed by atoms with Crippen molar-refractivity contribution in [3.05, 3.63) is 41.2 Å². The van der Waals surface area contributed by atoms with E-state index in [1.807, 2.05) is 0 Å². The van der Waals surface area contributed by atoms with Gasteiger partial charge in [-0.2, -0.15) is 13.2 Å². The highest BCUT2D eigenvalue weighted by atomic mass is 19.4. The average Bonchev–Trinajstić information content (AvgIpc) is 3.25. The Kier molecular flexibility index (Phi) is 5.64. The fourth-order valence-corrected chi connectivity index (χ4v) is 5.17. The van der Waals surface area contributed by atoms with Gasteiger partial charge in [0.2, 0.25) is 0 Å². The minimum Gasteiger partial charge on any atom is -0.399 e. The molecule has 5 rings (SSSR count). The van der Waals surface area contributed by atoms with E-state index in [1.165, 1.54) is 0 Å². The normalized spacial score (nSPS) is 18.7. The van der Waals surface area contributed by atoms with Gasteiger partial charge in [-0.05, 0) is 70.4 Å². The van der Waals surface area contributed by atoms with Gasteiger partial charge in [-0.3, -0.25) is 0 Å². The van der Waals surface area contributed by atoms with Gasteiger partial charge in [0.1, 0.15) is 11.6 Å². The first-order chi connectivity index (χ1) is 16.5. The molecule has 186 valence electrons. The predicted octanol–water partition coefficient (Wildman–Crippen LogP) is 5.30. The Morgan fingerprint density at radius 3 is 2.57 bits per heavy atom. The summed E-state index contributed by atoms with van der Waals surface area (Å²) in [5.41, 5.74) is 7.13. The number of nitrogens with zero attached hydrogens (tertiary/aromatic N) is 5. The number of nitrogens with one attached hydrogen (secondary N) is 1. The molecule has 10 heteroatoms. The Morgan fingerprint density at radius 1 is 1.09 bits per heavy atom. The lowest BCUT2D eigenvalue weighted by atomic mass is 10.0. The van der Waals surface area contributed by atoms with Crippen molar-refractivity contribution >= 4 is 34.0 Å². The van der Waals surface area contributed by atoms with Crippen LogP contribution in [0.15, 0.2) is 24.3 Å². The second-order valence-corrected chi connectivity index (χ2v) is 9.81. The third-order valence-electron chi connectivity index (χ3n) is 6.91. The van der Waals surface area contributed by atoms with E-state index in [9.17, 15) is 13.2 Å². The van der Waals surface area contributed by atoms with Gasteiger partial charge in [-0.15, -0.1) is 0 Å². The highest BCUT2D eigenvalue weighted by Crippen LogP contribution is 2.42. The van der Waals surface area contributed by atoms with Crippen LogP contribution in [0.2, 0.25) is 0 Å². The van der Waals surface area contributed by atoms with E-state index in [0.717, 1.165) is 55.0 Å². The van der Waals surface area contributed by atoms with Crippen molar-refractivity contribution in [2.45, 2.75) is 64.8 Å². The quantitative estimate of drug-likeness (QED) is 0.485. The van der Waals surface area contributed by atoms with Crippen LogP contribution >= 0.6 is 0 Å². The van der Waals surface area contributed by atoms with Gasteiger partial charge in [0, 0.05) is 30.9 Å². The Morgan fingerprint density at radius 2 is 1.86 bits per heavy atom. The van der Waals surface area contributed by atoms with Gasteiger partial charge < -0.3 is 20.9 Å². The Balaban J connectivity index is 1.58. The number of aryl methyl sites for hydroxylation is 1. The van der Waals surface area contributed by atoms with Crippen molar-refractivity contribution in [2.75, 3.05) is 33.9 Å². The highest BCUT2D eigenvalue weighted by molar-refractivity contribution is 5.93. The molecular weight excluding hydrogens is 455 g/mol. The predicted molar refractivity (Wildman–Crippen MR) is 133 cm³/mol. The second kappa shape index (κ2) is 8.42. The van der Waals surface area contributed by atoms with Crippen LogP contribution in [0.25, 0.3) is 11.0 Å². The lowest BCUT2D eigenvalue weighted by Gasteiger charge is -2.42. The summed E-state index contributed by atoms with van der Waals surface area (Å²) in [6.07, 6.45) is -2.18. The zero-order valence-corrected chi connectivity index (χ0v) is 20.3. The number of benzene rings is 1. The number of aromatic nitrogens is 3. The van der Waals surface area contributed by atoms with Crippen molar-refractivity contribution < 1.29 is 13.2 Å². The fourth-order valence-electron chi connectivity index (χ4n) is 5.17. The maximum atomic E-state index is 13.3. The van der Waals surface area contributed by atoms with Crippen molar-refractivity contribution in [1.82, 2.24) is 15.0 Å². The Labute approximate surface area is 202 Å². The molecule has 1 unspecified atom stereocenters. The number of anilines is 4. The molecule has 2 aromatic heterocycles. The number of hydrogen-bond donors (Lipinski definition) is 2. The summed E-state index contributed by atoms with van der Waals surface area (Å²) in [7, 11) is 0.